The molecule has 0 aromatic heterocycles. The summed E-state index contributed by atoms with van der Waals surface area (Å²) in [5, 5.41) is 27.4. The maximum atomic E-state index is 9.40. The predicted molar refractivity (Wildman–Crippen MR) is 90.1 cm³/mol. The molecule has 0 saturated heterocycles. The van der Waals surface area contributed by atoms with Gasteiger partial charge in [0, 0.05) is 19.8 Å². The summed E-state index contributed by atoms with van der Waals surface area (Å²) in [4.78, 5) is 2.00. The van der Waals surface area contributed by atoms with Crippen LogP contribution in [-0.2, 0) is 0 Å². The van der Waals surface area contributed by atoms with E-state index < -0.39 is 0 Å². The van der Waals surface area contributed by atoms with Crippen LogP contribution in [0.1, 0.15) is 22.3 Å². The second-order valence-corrected chi connectivity index (χ2v) is 5.14. The van der Waals surface area contributed by atoms with Gasteiger partial charge in [0.1, 0.15) is 12.1 Å². The lowest BCUT2D eigenvalue weighted by atomic mass is 9.99. The van der Waals surface area contributed by atoms with Gasteiger partial charge in [-0.15, -0.1) is 0 Å². The van der Waals surface area contributed by atoms with Gasteiger partial charge >= 0.3 is 0 Å². The Morgan fingerprint density at radius 1 is 0.913 bits per heavy atom. The number of hydrogen-bond donors (Lipinski definition) is 0. The molecule has 0 atom stereocenters. The van der Waals surface area contributed by atoms with Crippen molar-refractivity contribution >= 4 is 17.3 Å². The lowest BCUT2D eigenvalue weighted by Gasteiger charge is -2.12. The van der Waals surface area contributed by atoms with Crippen molar-refractivity contribution in [2.45, 2.75) is 0 Å². The van der Waals surface area contributed by atoms with Crippen LogP contribution in [0.25, 0.3) is 11.6 Å². The van der Waals surface area contributed by atoms with Crippen molar-refractivity contribution in [1.82, 2.24) is 0 Å². The molecule has 0 bridgehead atoms. The molecule has 0 radical (unpaired) electrons. The molecule has 23 heavy (non-hydrogen) atoms. The van der Waals surface area contributed by atoms with Gasteiger partial charge in [0.2, 0.25) is 0 Å². The molecular weight excluding hydrogens is 284 g/mol. The number of rotatable bonds is 3. The molecule has 0 aliphatic carbocycles. The highest BCUT2D eigenvalue weighted by molar-refractivity contribution is 5.90. The average molecular weight is 298 g/mol. The van der Waals surface area contributed by atoms with Crippen LogP contribution in [0.15, 0.2) is 42.5 Å². The van der Waals surface area contributed by atoms with E-state index in [2.05, 4.69) is 6.07 Å². The highest BCUT2D eigenvalue weighted by atomic mass is 15.1. The van der Waals surface area contributed by atoms with Crippen LogP contribution < -0.4 is 4.90 Å². The number of nitrogens with zero attached hydrogens (tertiary/aromatic N) is 4. The maximum Gasteiger partial charge on any atom is 0.101 e. The van der Waals surface area contributed by atoms with Crippen LogP contribution in [0.2, 0.25) is 0 Å². The minimum atomic E-state index is 0.272. The summed E-state index contributed by atoms with van der Waals surface area (Å²) in [5.41, 5.74) is 3.63. The Bertz CT molecular complexity index is 870. The largest absolute Gasteiger partial charge is 0.378 e. The minimum Gasteiger partial charge on any atom is -0.378 e. The number of allylic oxidation sites excluding steroid dienone is 1. The Morgan fingerprint density at radius 2 is 1.57 bits per heavy atom. The number of hydrogen-bond acceptors (Lipinski definition) is 4. The average Bonchev–Trinajstić information content (AvgIpc) is 2.59. The Kier molecular flexibility index (Phi) is 4.78. The summed E-state index contributed by atoms with van der Waals surface area (Å²) in [6.07, 6.45) is 1.77. The molecular formula is C19H14N4. The van der Waals surface area contributed by atoms with Crippen LogP contribution in [0.5, 0.6) is 0 Å². The lowest BCUT2D eigenvalue weighted by molar-refractivity contribution is 1.13. The van der Waals surface area contributed by atoms with Gasteiger partial charge in [0.15, 0.2) is 0 Å². The molecule has 0 fully saturated rings. The molecule has 0 amide bonds. The van der Waals surface area contributed by atoms with E-state index in [1.54, 1.807) is 24.3 Å². The first-order valence-corrected chi connectivity index (χ1v) is 6.93. The van der Waals surface area contributed by atoms with Crippen LogP contribution in [0, 0.1) is 34.0 Å². The molecule has 4 heteroatoms. The molecule has 0 aliphatic heterocycles. The third kappa shape index (κ3) is 3.56. The zero-order valence-electron chi connectivity index (χ0n) is 12.9. The number of anilines is 1. The van der Waals surface area contributed by atoms with Crippen molar-refractivity contribution in [2.75, 3.05) is 19.0 Å². The Morgan fingerprint density at radius 3 is 2.09 bits per heavy atom. The normalized spacial score (nSPS) is 10.3. The smallest absolute Gasteiger partial charge is 0.101 e. The molecule has 0 spiro atoms. The fraction of sp³-hybridized carbons (Fsp3) is 0.105. The fourth-order valence-electron chi connectivity index (χ4n) is 2.12. The third-order valence-electron chi connectivity index (χ3n) is 3.41. The quantitative estimate of drug-likeness (QED) is 0.641. The number of benzene rings is 2. The first-order valence-electron chi connectivity index (χ1n) is 6.93. The molecule has 0 unspecified atom stereocenters. The van der Waals surface area contributed by atoms with E-state index in [0.717, 1.165) is 11.3 Å². The topological polar surface area (TPSA) is 74.6 Å². The van der Waals surface area contributed by atoms with E-state index in [4.69, 9.17) is 10.5 Å². The van der Waals surface area contributed by atoms with Gasteiger partial charge in [-0.1, -0.05) is 18.2 Å². The van der Waals surface area contributed by atoms with Gasteiger partial charge in [-0.25, -0.2) is 0 Å². The minimum absolute atomic E-state index is 0.272. The van der Waals surface area contributed by atoms with E-state index in [9.17, 15) is 5.26 Å². The first kappa shape index (κ1) is 15.8. The summed E-state index contributed by atoms with van der Waals surface area (Å²) < 4.78 is 0. The van der Waals surface area contributed by atoms with E-state index in [0.29, 0.717) is 16.7 Å². The van der Waals surface area contributed by atoms with E-state index >= 15 is 0 Å². The summed E-state index contributed by atoms with van der Waals surface area (Å²) in [7, 11) is 3.93. The molecule has 0 N–H and O–H groups in total. The SMILES string of the molecule is CN(C)c1ccc(/C=C(\C#N)c2ccc(C#N)c(C#N)c2)cc1. The molecule has 0 aliphatic rings. The molecule has 2 rings (SSSR count). The van der Waals surface area contributed by atoms with E-state index in [1.165, 1.54) is 0 Å². The van der Waals surface area contributed by atoms with Crippen LogP contribution in [0.3, 0.4) is 0 Å². The molecule has 2 aromatic rings. The molecule has 4 nitrogen and oxygen atoms in total. The Balaban J connectivity index is 2.42. The first-order chi connectivity index (χ1) is 11.1. The van der Waals surface area contributed by atoms with Crippen LogP contribution in [-0.4, -0.2) is 14.1 Å². The zero-order chi connectivity index (χ0) is 16.8. The predicted octanol–water partition coefficient (Wildman–Crippen LogP) is 3.56. The summed E-state index contributed by atoms with van der Waals surface area (Å²) in [6, 6.07) is 18.7. The second-order valence-electron chi connectivity index (χ2n) is 5.14. The molecule has 2 aromatic carbocycles. The Hall–Kier alpha value is -3.55. The van der Waals surface area contributed by atoms with Gasteiger partial charge in [-0.05, 0) is 41.5 Å². The van der Waals surface area contributed by atoms with Crippen molar-refractivity contribution in [3.8, 4) is 18.2 Å². The Labute approximate surface area is 135 Å². The van der Waals surface area contributed by atoms with Crippen molar-refractivity contribution in [1.29, 1.82) is 15.8 Å². The lowest BCUT2D eigenvalue weighted by Crippen LogP contribution is -2.07. The summed E-state index contributed by atoms with van der Waals surface area (Å²) >= 11 is 0. The highest BCUT2D eigenvalue weighted by Gasteiger charge is 2.07. The van der Waals surface area contributed by atoms with Gasteiger partial charge < -0.3 is 4.90 Å². The van der Waals surface area contributed by atoms with Crippen molar-refractivity contribution < 1.29 is 0 Å². The van der Waals surface area contributed by atoms with Crippen LogP contribution >= 0.6 is 0 Å². The maximum absolute atomic E-state index is 9.40. The zero-order valence-corrected chi connectivity index (χ0v) is 12.9. The summed E-state index contributed by atoms with van der Waals surface area (Å²) in [6.45, 7) is 0. The van der Waals surface area contributed by atoms with Crippen molar-refractivity contribution in [3.05, 3.63) is 64.7 Å². The molecule has 0 saturated carbocycles. The third-order valence-corrected chi connectivity index (χ3v) is 3.41. The molecule has 0 heterocycles. The summed E-state index contributed by atoms with van der Waals surface area (Å²) in [5.74, 6) is 0. The van der Waals surface area contributed by atoms with E-state index in [1.807, 2.05) is 55.4 Å². The van der Waals surface area contributed by atoms with Gasteiger partial charge in [0.05, 0.1) is 22.8 Å². The molecule has 110 valence electrons. The van der Waals surface area contributed by atoms with Crippen molar-refractivity contribution in [3.63, 3.8) is 0 Å². The van der Waals surface area contributed by atoms with Gasteiger partial charge in [-0.2, -0.15) is 15.8 Å². The fourth-order valence-corrected chi connectivity index (χ4v) is 2.12. The van der Waals surface area contributed by atoms with Crippen molar-refractivity contribution in [2.24, 2.45) is 0 Å². The number of nitriles is 3. The van der Waals surface area contributed by atoms with Gasteiger partial charge in [-0.3, -0.25) is 0 Å². The van der Waals surface area contributed by atoms with E-state index in [-0.39, 0.29) is 5.56 Å². The standard InChI is InChI=1S/C19H14N4/c1-23(2)19-7-3-14(4-8-19)9-17(12-21)15-5-6-16(11-20)18(10-15)13-22/h3-10H,1-2H3/b17-9+. The van der Waals surface area contributed by atoms with Gasteiger partial charge in [0.25, 0.3) is 0 Å². The second kappa shape index (κ2) is 6.94. The monoisotopic (exact) mass is 298 g/mol. The van der Waals surface area contributed by atoms with Crippen LogP contribution in [0.4, 0.5) is 5.69 Å². The highest BCUT2D eigenvalue weighted by Crippen LogP contribution is 2.22.